The molecular formula is C14H19NO3S. The first kappa shape index (κ1) is 15.6. The number of carboxylic acids is 1. The van der Waals surface area contributed by atoms with E-state index in [0.29, 0.717) is 12.3 Å². The van der Waals surface area contributed by atoms with Crippen molar-refractivity contribution in [3.05, 3.63) is 35.9 Å². The monoisotopic (exact) mass is 281 g/mol. The molecule has 0 saturated carbocycles. The normalized spacial score (nSPS) is 11.9. The number of carboxylic acid groups (broad SMARTS) is 1. The SMILES string of the molecule is CSCC(C)C(=O)N(CC(=O)O)Cc1ccccc1. The summed E-state index contributed by atoms with van der Waals surface area (Å²) in [6, 6.07) is 9.43. The topological polar surface area (TPSA) is 57.6 Å². The van der Waals surface area contributed by atoms with Gasteiger partial charge < -0.3 is 10.0 Å². The van der Waals surface area contributed by atoms with Crippen molar-refractivity contribution in [3.8, 4) is 0 Å². The third kappa shape index (κ3) is 5.34. The van der Waals surface area contributed by atoms with E-state index in [2.05, 4.69) is 0 Å². The first-order valence-electron chi connectivity index (χ1n) is 6.08. The van der Waals surface area contributed by atoms with Gasteiger partial charge in [0, 0.05) is 18.2 Å². The number of aliphatic carboxylic acids is 1. The Morgan fingerprint density at radius 2 is 1.95 bits per heavy atom. The molecule has 4 nitrogen and oxygen atoms in total. The molecule has 1 atom stereocenters. The lowest BCUT2D eigenvalue weighted by Gasteiger charge is -2.24. The molecule has 1 rings (SSSR count). The summed E-state index contributed by atoms with van der Waals surface area (Å²) in [5.41, 5.74) is 0.938. The van der Waals surface area contributed by atoms with Crippen molar-refractivity contribution in [1.82, 2.24) is 4.90 Å². The van der Waals surface area contributed by atoms with E-state index in [0.717, 1.165) is 5.56 Å². The van der Waals surface area contributed by atoms with Crippen LogP contribution in [-0.4, -0.2) is 40.4 Å². The van der Waals surface area contributed by atoms with E-state index in [1.54, 1.807) is 11.8 Å². The zero-order valence-corrected chi connectivity index (χ0v) is 12.0. The van der Waals surface area contributed by atoms with Crippen LogP contribution in [0.25, 0.3) is 0 Å². The van der Waals surface area contributed by atoms with E-state index < -0.39 is 5.97 Å². The van der Waals surface area contributed by atoms with Crippen LogP contribution in [-0.2, 0) is 16.1 Å². The molecule has 0 aliphatic rings. The fraction of sp³-hybridized carbons (Fsp3) is 0.429. The van der Waals surface area contributed by atoms with Crippen molar-refractivity contribution < 1.29 is 14.7 Å². The van der Waals surface area contributed by atoms with Crippen LogP contribution in [0.3, 0.4) is 0 Å². The molecule has 1 N–H and O–H groups in total. The van der Waals surface area contributed by atoms with Gasteiger partial charge in [-0.2, -0.15) is 11.8 Å². The molecule has 0 aliphatic carbocycles. The molecule has 104 valence electrons. The number of benzene rings is 1. The van der Waals surface area contributed by atoms with E-state index in [1.807, 2.05) is 43.5 Å². The second-order valence-electron chi connectivity index (χ2n) is 4.43. The van der Waals surface area contributed by atoms with Crippen molar-refractivity contribution in [2.24, 2.45) is 5.92 Å². The van der Waals surface area contributed by atoms with Gasteiger partial charge in [-0.05, 0) is 11.8 Å². The maximum Gasteiger partial charge on any atom is 0.323 e. The Hall–Kier alpha value is -1.49. The number of amides is 1. The Bertz CT molecular complexity index is 422. The summed E-state index contributed by atoms with van der Waals surface area (Å²) in [5, 5.41) is 8.92. The van der Waals surface area contributed by atoms with Crippen LogP contribution in [0, 0.1) is 5.92 Å². The van der Waals surface area contributed by atoms with Crippen LogP contribution >= 0.6 is 11.8 Å². The number of carbonyl (C=O) groups is 2. The molecule has 0 spiro atoms. The number of nitrogens with zero attached hydrogens (tertiary/aromatic N) is 1. The Labute approximate surface area is 117 Å². The summed E-state index contributed by atoms with van der Waals surface area (Å²) in [6.45, 7) is 1.91. The predicted octanol–water partition coefficient (Wildman–Crippen LogP) is 2.10. The van der Waals surface area contributed by atoms with Gasteiger partial charge in [-0.3, -0.25) is 9.59 Å². The summed E-state index contributed by atoms with van der Waals surface area (Å²) >= 11 is 1.59. The Kier molecular flexibility index (Phi) is 6.42. The highest BCUT2D eigenvalue weighted by molar-refractivity contribution is 7.98. The third-order valence-corrected chi connectivity index (χ3v) is 3.53. The van der Waals surface area contributed by atoms with Crippen LogP contribution in [0.5, 0.6) is 0 Å². The summed E-state index contributed by atoms with van der Waals surface area (Å²) in [4.78, 5) is 24.5. The van der Waals surface area contributed by atoms with Crippen molar-refractivity contribution in [2.45, 2.75) is 13.5 Å². The van der Waals surface area contributed by atoms with Crippen LogP contribution in [0.4, 0.5) is 0 Å². The van der Waals surface area contributed by atoms with E-state index in [1.165, 1.54) is 4.90 Å². The Balaban J connectivity index is 2.77. The molecule has 0 aromatic heterocycles. The molecule has 1 aromatic rings. The minimum absolute atomic E-state index is 0.111. The number of carbonyl (C=O) groups excluding carboxylic acids is 1. The highest BCUT2D eigenvalue weighted by Gasteiger charge is 2.22. The molecule has 0 fully saturated rings. The second kappa shape index (κ2) is 7.84. The second-order valence-corrected chi connectivity index (χ2v) is 5.34. The fourth-order valence-electron chi connectivity index (χ4n) is 1.81. The highest BCUT2D eigenvalue weighted by atomic mass is 32.2. The first-order chi connectivity index (χ1) is 9.04. The van der Waals surface area contributed by atoms with E-state index in [-0.39, 0.29) is 18.4 Å². The van der Waals surface area contributed by atoms with Gasteiger partial charge in [0.25, 0.3) is 0 Å². The highest BCUT2D eigenvalue weighted by Crippen LogP contribution is 2.12. The average Bonchev–Trinajstić information content (AvgIpc) is 2.38. The van der Waals surface area contributed by atoms with Crippen LogP contribution in [0.1, 0.15) is 12.5 Å². The number of thioether (sulfide) groups is 1. The van der Waals surface area contributed by atoms with Gasteiger partial charge in [0.05, 0.1) is 0 Å². The van der Waals surface area contributed by atoms with Crippen molar-refractivity contribution in [3.63, 3.8) is 0 Å². The molecule has 0 heterocycles. The lowest BCUT2D eigenvalue weighted by Crippen LogP contribution is -2.39. The summed E-state index contributed by atoms with van der Waals surface area (Å²) in [6.07, 6.45) is 1.93. The lowest BCUT2D eigenvalue weighted by molar-refractivity contribution is -0.146. The van der Waals surface area contributed by atoms with E-state index in [4.69, 9.17) is 5.11 Å². The van der Waals surface area contributed by atoms with E-state index >= 15 is 0 Å². The number of hydrogen-bond donors (Lipinski definition) is 1. The van der Waals surface area contributed by atoms with Crippen LogP contribution < -0.4 is 0 Å². The largest absolute Gasteiger partial charge is 0.480 e. The van der Waals surface area contributed by atoms with Crippen molar-refractivity contribution in [1.29, 1.82) is 0 Å². The summed E-state index contributed by atoms with van der Waals surface area (Å²) in [5.74, 6) is -0.566. The number of hydrogen-bond acceptors (Lipinski definition) is 3. The molecule has 1 unspecified atom stereocenters. The minimum Gasteiger partial charge on any atom is -0.480 e. The lowest BCUT2D eigenvalue weighted by atomic mass is 10.1. The van der Waals surface area contributed by atoms with Crippen LogP contribution in [0.2, 0.25) is 0 Å². The summed E-state index contributed by atoms with van der Waals surface area (Å²) < 4.78 is 0. The molecular weight excluding hydrogens is 262 g/mol. The predicted molar refractivity (Wildman–Crippen MR) is 77.0 cm³/mol. The average molecular weight is 281 g/mol. The zero-order chi connectivity index (χ0) is 14.3. The first-order valence-corrected chi connectivity index (χ1v) is 7.47. The van der Waals surface area contributed by atoms with Crippen molar-refractivity contribution in [2.75, 3.05) is 18.6 Å². The maximum atomic E-state index is 12.2. The molecule has 0 bridgehead atoms. The molecule has 1 aromatic carbocycles. The minimum atomic E-state index is -0.986. The molecule has 19 heavy (non-hydrogen) atoms. The van der Waals surface area contributed by atoms with Gasteiger partial charge in [0.1, 0.15) is 6.54 Å². The van der Waals surface area contributed by atoms with Gasteiger partial charge in [0.2, 0.25) is 5.91 Å². The van der Waals surface area contributed by atoms with E-state index in [9.17, 15) is 9.59 Å². The van der Waals surface area contributed by atoms with Gasteiger partial charge in [0.15, 0.2) is 0 Å². The molecule has 0 aliphatic heterocycles. The van der Waals surface area contributed by atoms with Crippen molar-refractivity contribution >= 4 is 23.6 Å². The Morgan fingerprint density at radius 3 is 2.47 bits per heavy atom. The fourth-order valence-corrected chi connectivity index (χ4v) is 2.45. The smallest absolute Gasteiger partial charge is 0.323 e. The van der Waals surface area contributed by atoms with Gasteiger partial charge >= 0.3 is 5.97 Å². The van der Waals surface area contributed by atoms with Gasteiger partial charge in [-0.1, -0.05) is 37.3 Å². The van der Waals surface area contributed by atoms with Gasteiger partial charge in [-0.25, -0.2) is 0 Å². The standard InChI is InChI=1S/C14H19NO3S/c1-11(10-19-2)14(18)15(9-13(16)17)8-12-6-4-3-5-7-12/h3-7,11H,8-10H2,1-2H3,(H,16,17). The number of rotatable bonds is 7. The van der Waals surface area contributed by atoms with Crippen LogP contribution in [0.15, 0.2) is 30.3 Å². The molecule has 0 radical (unpaired) electrons. The Morgan fingerprint density at radius 1 is 1.32 bits per heavy atom. The third-order valence-electron chi connectivity index (χ3n) is 2.69. The quantitative estimate of drug-likeness (QED) is 0.831. The molecule has 0 saturated heterocycles. The molecule has 1 amide bonds. The molecule has 5 heteroatoms. The summed E-state index contributed by atoms with van der Waals surface area (Å²) in [7, 11) is 0. The van der Waals surface area contributed by atoms with Gasteiger partial charge in [-0.15, -0.1) is 0 Å². The zero-order valence-electron chi connectivity index (χ0n) is 11.2. The maximum absolute atomic E-state index is 12.2.